The minimum absolute atomic E-state index is 0.117. The fraction of sp³-hybridized carbons (Fsp3) is 0.312. The lowest BCUT2D eigenvalue weighted by molar-refractivity contribution is -0.708. The number of aryl methyl sites for hydroxylation is 1. The third-order valence-corrected chi connectivity index (χ3v) is 5.02. The van der Waals surface area contributed by atoms with Crippen molar-refractivity contribution in [2.45, 2.75) is 32.9 Å². The summed E-state index contributed by atoms with van der Waals surface area (Å²) in [6.45, 7) is 4.79. The van der Waals surface area contributed by atoms with Crippen molar-refractivity contribution < 1.29 is 5.32 Å². The lowest BCUT2D eigenvalue weighted by atomic mass is 10.1. The minimum atomic E-state index is -0.117. The number of quaternary nitrogens is 1. The van der Waals surface area contributed by atoms with Gasteiger partial charge in [0.2, 0.25) is 4.96 Å². The van der Waals surface area contributed by atoms with Crippen LogP contribution in [0.1, 0.15) is 36.2 Å². The highest BCUT2D eigenvalue weighted by Gasteiger charge is 2.12. The van der Waals surface area contributed by atoms with Gasteiger partial charge in [0.25, 0.3) is 5.56 Å². The maximum absolute atomic E-state index is 12.1. The highest BCUT2D eigenvalue weighted by atomic mass is 35.5. The van der Waals surface area contributed by atoms with Crippen molar-refractivity contribution in [3.05, 3.63) is 62.0 Å². The van der Waals surface area contributed by atoms with Crippen LogP contribution in [0, 0.1) is 0 Å². The maximum atomic E-state index is 12.1. The number of aromatic nitrogens is 3. The molecule has 2 aromatic heterocycles. The molecule has 0 unspecified atom stereocenters. The molecule has 1 atom stereocenters. The Morgan fingerprint density at radius 3 is 2.78 bits per heavy atom. The molecular formula is C16H18ClN4OS+. The SMILES string of the molecule is CCc1nn2c(=O)cc(C[NH2+][C@H](C)c3ccc(Cl)cc3)nc2s1. The zero-order valence-electron chi connectivity index (χ0n) is 13.0. The van der Waals surface area contributed by atoms with E-state index >= 15 is 0 Å². The summed E-state index contributed by atoms with van der Waals surface area (Å²) in [7, 11) is 0. The van der Waals surface area contributed by atoms with E-state index in [0.29, 0.717) is 11.5 Å². The number of hydrogen-bond acceptors (Lipinski definition) is 4. The second-order valence-corrected chi connectivity index (χ2v) is 6.89. The van der Waals surface area contributed by atoms with Crippen molar-refractivity contribution >= 4 is 27.9 Å². The van der Waals surface area contributed by atoms with Crippen molar-refractivity contribution in [1.82, 2.24) is 14.6 Å². The van der Waals surface area contributed by atoms with Crippen LogP contribution < -0.4 is 10.9 Å². The molecule has 0 saturated carbocycles. The van der Waals surface area contributed by atoms with E-state index < -0.39 is 0 Å². The quantitative estimate of drug-likeness (QED) is 0.768. The molecule has 7 heteroatoms. The molecule has 23 heavy (non-hydrogen) atoms. The predicted molar refractivity (Wildman–Crippen MR) is 92.0 cm³/mol. The monoisotopic (exact) mass is 349 g/mol. The number of benzene rings is 1. The Morgan fingerprint density at radius 1 is 1.35 bits per heavy atom. The highest BCUT2D eigenvalue weighted by molar-refractivity contribution is 7.16. The molecule has 0 aliphatic carbocycles. The van der Waals surface area contributed by atoms with Gasteiger partial charge in [-0.2, -0.15) is 9.61 Å². The Bertz CT molecular complexity index is 872. The summed E-state index contributed by atoms with van der Waals surface area (Å²) in [5.41, 5.74) is 1.86. The number of fused-ring (bicyclic) bond motifs is 1. The Labute approximate surface area is 143 Å². The first kappa shape index (κ1) is 16.1. The van der Waals surface area contributed by atoms with Crippen LogP contribution in [0.25, 0.3) is 4.96 Å². The largest absolute Gasteiger partial charge is 0.335 e. The number of rotatable bonds is 5. The van der Waals surface area contributed by atoms with E-state index in [4.69, 9.17) is 11.6 Å². The number of hydrogen-bond donors (Lipinski definition) is 1. The smallest absolute Gasteiger partial charge is 0.275 e. The molecule has 120 valence electrons. The molecule has 0 aliphatic rings. The highest BCUT2D eigenvalue weighted by Crippen LogP contribution is 2.14. The van der Waals surface area contributed by atoms with Crippen molar-refractivity contribution in [3.63, 3.8) is 0 Å². The van der Waals surface area contributed by atoms with Gasteiger partial charge in [-0.1, -0.05) is 42.0 Å². The van der Waals surface area contributed by atoms with Crippen LogP contribution in [0.2, 0.25) is 5.02 Å². The maximum Gasteiger partial charge on any atom is 0.275 e. The standard InChI is InChI=1S/C16H17ClN4OS/c1-3-14-20-21-15(22)8-13(19-16(21)23-14)9-18-10(2)11-4-6-12(17)7-5-11/h4-8,10,18H,3,9H2,1-2H3/p+1/t10-/m1/s1. The van der Waals surface area contributed by atoms with Crippen molar-refractivity contribution in [3.8, 4) is 0 Å². The molecule has 2 N–H and O–H groups in total. The summed E-state index contributed by atoms with van der Waals surface area (Å²) in [6, 6.07) is 9.65. The Kier molecular flexibility index (Phi) is 4.75. The lowest BCUT2D eigenvalue weighted by Gasteiger charge is -2.10. The molecule has 0 amide bonds. The van der Waals surface area contributed by atoms with Gasteiger partial charge in [0.1, 0.15) is 23.3 Å². The van der Waals surface area contributed by atoms with E-state index in [1.807, 2.05) is 31.2 Å². The average molecular weight is 350 g/mol. The lowest BCUT2D eigenvalue weighted by Crippen LogP contribution is -2.83. The number of nitrogens with two attached hydrogens (primary N) is 1. The van der Waals surface area contributed by atoms with Crippen LogP contribution in [0.4, 0.5) is 0 Å². The number of halogens is 1. The third kappa shape index (κ3) is 3.60. The van der Waals surface area contributed by atoms with E-state index in [1.54, 1.807) is 6.07 Å². The second kappa shape index (κ2) is 6.78. The van der Waals surface area contributed by atoms with Gasteiger partial charge in [0, 0.05) is 16.7 Å². The van der Waals surface area contributed by atoms with Crippen LogP contribution in [-0.4, -0.2) is 14.6 Å². The molecule has 2 heterocycles. The van der Waals surface area contributed by atoms with Gasteiger partial charge in [-0.15, -0.1) is 0 Å². The summed E-state index contributed by atoms with van der Waals surface area (Å²) >= 11 is 7.38. The first-order valence-electron chi connectivity index (χ1n) is 7.54. The zero-order chi connectivity index (χ0) is 16.4. The molecule has 1 aromatic carbocycles. The van der Waals surface area contributed by atoms with E-state index in [-0.39, 0.29) is 11.6 Å². The van der Waals surface area contributed by atoms with Crippen LogP contribution in [0.15, 0.2) is 35.1 Å². The molecule has 0 fully saturated rings. The van der Waals surface area contributed by atoms with Gasteiger partial charge in [0.05, 0.1) is 0 Å². The first-order valence-corrected chi connectivity index (χ1v) is 8.73. The molecular weight excluding hydrogens is 332 g/mol. The predicted octanol–water partition coefficient (Wildman–Crippen LogP) is 2.19. The van der Waals surface area contributed by atoms with Gasteiger partial charge in [0.15, 0.2) is 0 Å². The minimum Gasteiger partial charge on any atom is -0.335 e. The van der Waals surface area contributed by atoms with Crippen LogP contribution in [-0.2, 0) is 13.0 Å². The summed E-state index contributed by atoms with van der Waals surface area (Å²) in [4.78, 5) is 17.3. The van der Waals surface area contributed by atoms with E-state index in [1.165, 1.54) is 21.4 Å². The van der Waals surface area contributed by atoms with Gasteiger partial charge in [-0.05, 0) is 25.5 Å². The van der Waals surface area contributed by atoms with Gasteiger partial charge < -0.3 is 5.32 Å². The average Bonchev–Trinajstić information content (AvgIpc) is 2.97. The third-order valence-electron chi connectivity index (χ3n) is 3.72. The van der Waals surface area contributed by atoms with E-state index in [2.05, 4.69) is 22.3 Å². The van der Waals surface area contributed by atoms with Crippen molar-refractivity contribution in [1.29, 1.82) is 0 Å². The van der Waals surface area contributed by atoms with Crippen molar-refractivity contribution in [2.24, 2.45) is 0 Å². The van der Waals surface area contributed by atoms with Gasteiger partial charge in [-0.3, -0.25) is 4.79 Å². The molecule has 0 spiro atoms. The Morgan fingerprint density at radius 2 is 2.09 bits per heavy atom. The van der Waals surface area contributed by atoms with Crippen LogP contribution in [0.5, 0.6) is 0 Å². The first-order chi connectivity index (χ1) is 11.1. The summed E-state index contributed by atoms with van der Waals surface area (Å²) in [6.07, 6.45) is 0.808. The molecule has 5 nitrogen and oxygen atoms in total. The summed E-state index contributed by atoms with van der Waals surface area (Å²) < 4.78 is 1.38. The normalized spacial score (nSPS) is 12.7. The Hall–Kier alpha value is -1.76. The van der Waals surface area contributed by atoms with Crippen molar-refractivity contribution in [2.75, 3.05) is 0 Å². The van der Waals surface area contributed by atoms with Crippen LogP contribution in [0.3, 0.4) is 0 Å². The fourth-order valence-corrected chi connectivity index (χ4v) is 3.33. The van der Waals surface area contributed by atoms with Crippen LogP contribution >= 0.6 is 22.9 Å². The molecule has 3 aromatic rings. The number of nitrogens with zero attached hydrogens (tertiary/aromatic N) is 3. The van der Waals surface area contributed by atoms with E-state index in [9.17, 15) is 4.79 Å². The summed E-state index contributed by atoms with van der Waals surface area (Å²) in [5, 5.41) is 8.07. The second-order valence-electron chi connectivity index (χ2n) is 5.41. The fourth-order valence-electron chi connectivity index (χ4n) is 2.34. The van der Waals surface area contributed by atoms with Gasteiger partial charge >= 0.3 is 0 Å². The molecule has 0 radical (unpaired) electrons. The molecule has 0 bridgehead atoms. The Balaban J connectivity index is 1.76. The topological polar surface area (TPSA) is 63.9 Å². The molecule has 3 rings (SSSR count). The molecule has 0 aliphatic heterocycles. The summed E-state index contributed by atoms with van der Waals surface area (Å²) in [5.74, 6) is 0. The molecule has 0 saturated heterocycles. The van der Waals surface area contributed by atoms with Gasteiger partial charge in [-0.25, -0.2) is 4.98 Å². The zero-order valence-corrected chi connectivity index (χ0v) is 14.6. The van der Waals surface area contributed by atoms with E-state index in [0.717, 1.165) is 22.1 Å².